The zero-order valence-electron chi connectivity index (χ0n) is 13.9. The number of phenols is 1. The van der Waals surface area contributed by atoms with Crippen molar-refractivity contribution in [3.05, 3.63) is 28.8 Å². The van der Waals surface area contributed by atoms with E-state index in [9.17, 15) is 5.11 Å². The molecule has 1 aromatic rings. The molecule has 0 fully saturated rings. The van der Waals surface area contributed by atoms with Crippen LogP contribution in [0.1, 0.15) is 84.4 Å². The Balaban J connectivity index is 3.57. The number of rotatable bonds is 2. The third kappa shape index (κ3) is 3.52. The van der Waals surface area contributed by atoms with Gasteiger partial charge in [0.1, 0.15) is 5.75 Å². The Hall–Kier alpha value is -0.980. The monoisotopic (exact) mass is 262 g/mol. The smallest absolute Gasteiger partial charge is 0.123 e. The Kier molecular flexibility index (Phi) is 4.39. The standard InChI is InChI=1S/C18H30O/c1-9-12(2)13-10-14(17(3,4)5)16(19)15(11-13)18(6,7)8/h10-12,19H,9H2,1-8H3/t12-/m0/s1. The molecule has 1 atom stereocenters. The molecule has 1 rings (SSSR count). The van der Waals surface area contributed by atoms with Crippen molar-refractivity contribution in [1.29, 1.82) is 0 Å². The first-order valence-electron chi connectivity index (χ1n) is 7.36. The van der Waals surface area contributed by atoms with E-state index in [1.54, 1.807) is 0 Å². The van der Waals surface area contributed by atoms with Gasteiger partial charge in [0.25, 0.3) is 0 Å². The molecule has 0 bridgehead atoms. The maximum absolute atomic E-state index is 10.6. The summed E-state index contributed by atoms with van der Waals surface area (Å²) < 4.78 is 0. The Morgan fingerprint density at radius 2 is 1.32 bits per heavy atom. The van der Waals surface area contributed by atoms with E-state index >= 15 is 0 Å². The number of hydrogen-bond acceptors (Lipinski definition) is 1. The molecule has 0 spiro atoms. The molecule has 0 saturated carbocycles. The highest BCUT2D eigenvalue weighted by Crippen LogP contribution is 2.41. The molecule has 0 heterocycles. The van der Waals surface area contributed by atoms with Crippen LogP contribution in [-0.4, -0.2) is 5.11 Å². The van der Waals surface area contributed by atoms with Gasteiger partial charge in [-0.1, -0.05) is 67.5 Å². The summed E-state index contributed by atoms with van der Waals surface area (Å²) in [7, 11) is 0. The minimum Gasteiger partial charge on any atom is -0.507 e. The van der Waals surface area contributed by atoms with Gasteiger partial charge in [-0.05, 0) is 39.9 Å². The van der Waals surface area contributed by atoms with Gasteiger partial charge in [-0.3, -0.25) is 0 Å². The molecule has 0 aromatic heterocycles. The van der Waals surface area contributed by atoms with Gasteiger partial charge in [0.2, 0.25) is 0 Å². The summed E-state index contributed by atoms with van der Waals surface area (Å²) in [5.41, 5.74) is 3.40. The van der Waals surface area contributed by atoms with E-state index in [4.69, 9.17) is 0 Å². The van der Waals surface area contributed by atoms with Crippen molar-refractivity contribution in [2.75, 3.05) is 0 Å². The van der Waals surface area contributed by atoms with Gasteiger partial charge in [0, 0.05) is 0 Å². The minimum atomic E-state index is -0.0342. The quantitative estimate of drug-likeness (QED) is 0.746. The molecule has 0 saturated heterocycles. The predicted octanol–water partition coefficient (Wildman–Crippen LogP) is 5.50. The summed E-state index contributed by atoms with van der Waals surface area (Å²) >= 11 is 0. The number of aromatic hydroxyl groups is 1. The summed E-state index contributed by atoms with van der Waals surface area (Å²) in [6.07, 6.45) is 1.12. The van der Waals surface area contributed by atoms with Crippen molar-refractivity contribution in [3.63, 3.8) is 0 Å². The second-order valence-corrected chi connectivity index (χ2v) is 7.77. The molecule has 0 aliphatic heterocycles. The first kappa shape index (κ1) is 16.1. The van der Waals surface area contributed by atoms with Gasteiger partial charge >= 0.3 is 0 Å². The minimum absolute atomic E-state index is 0.0342. The van der Waals surface area contributed by atoms with Crippen LogP contribution in [0.5, 0.6) is 5.75 Å². The van der Waals surface area contributed by atoms with Crippen molar-refractivity contribution in [3.8, 4) is 5.75 Å². The van der Waals surface area contributed by atoms with Gasteiger partial charge in [0.15, 0.2) is 0 Å². The molecule has 0 aliphatic rings. The van der Waals surface area contributed by atoms with Crippen LogP contribution in [0.2, 0.25) is 0 Å². The van der Waals surface area contributed by atoms with E-state index in [0.29, 0.717) is 11.7 Å². The van der Waals surface area contributed by atoms with Crippen molar-refractivity contribution < 1.29 is 5.11 Å². The summed E-state index contributed by atoms with van der Waals surface area (Å²) in [6.45, 7) is 17.4. The Labute approximate surface area is 119 Å². The average molecular weight is 262 g/mol. The van der Waals surface area contributed by atoms with Gasteiger partial charge < -0.3 is 5.11 Å². The Bertz CT molecular complexity index is 409. The summed E-state index contributed by atoms with van der Waals surface area (Å²) in [5, 5.41) is 10.6. The lowest BCUT2D eigenvalue weighted by molar-refractivity contribution is 0.422. The molecule has 0 aliphatic carbocycles. The van der Waals surface area contributed by atoms with Gasteiger partial charge in [0.05, 0.1) is 0 Å². The fourth-order valence-corrected chi connectivity index (χ4v) is 2.32. The SMILES string of the molecule is CC[C@H](C)c1cc(C(C)(C)C)c(O)c(C(C)(C)C)c1. The lowest BCUT2D eigenvalue weighted by Gasteiger charge is -2.29. The highest BCUT2D eigenvalue weighted by atomic mass is 16.3. The van der Waals surface area contributed by atoms with Crippen molar-refractivity contribution in [1.82, 2.24) is 0 Å². The van der Waals surface area contributed by atoms with Gasteiger partial charge in [-0.2, -0.15) is 0 Å². The van der Waals surface area contributed by atoms with Crippen LogP contribution in [0.15, 0.2) is 12.1 Å². The predicted molar refractivity (Wildman–Crippen MR) is 84.2 cm³/mol. The lowest BCUT2D eigenvalue weighted by atomic mass is 9.77. The summed E-state index contributed by atoms with van der Waals surface area (Å²) in [5.74, 6) is 1.01. The van der Waals surface area contributed by atoms with Crippen LogP contribution >= 0.6 is 0 Å². The van der Waals surface area contributed by atoms with Crippen LogP contribution < -0.4 is 0 Å². The fourth-order valence-electron chi connectivity index (χ4n) is 2.32. The highest BCUT2D eigenvalue weighted by Gasteiger charge is 2.27. The van der Waals surface area contributed by atoms with Crippen LogP contribution in [0.25, 0.3) is 0 Å². The number of phenolic OH excluding ortho intramolecular Hbond substituents is 1. The molecule has 1 heteroatoms. The molecular weight excluding hydrogens is 232 g/mol. The van der Waals surface area contributed by atoms with Crippen molar-refractivity contribution >= 4 is 0 Å². The molecule has 19 heavy (non-hydrogen) atoms. The number of hydrogen-bond donors (Lipinski definition) is 1. The van der Waals surface area contributed by atoms with Crippen LogP contribution in [-0.2, 0) is 10.8 Å². The van der Waals surface area contributed by atoms with Crippen molar-refractivity contribution in [2.24, 2.45) is 0 Å². The van der Waals surface area contributed by atoms with Crippen LogP contribution in [0.3, 0.4) is 0 Å². The van der Waals surface area contributed by atoms with E-state index in [2.05, 4.69) is 67.5 Å². The molecule has 1 nitrogen and oxygen atoms in total. The second kappa shape index (κ2) is 5.19. The maximum Gasteiger partial charge on any atom is 0.123 e. The first-order valence-corrected chi connectivity index (χ1v) is 7.36. The van der Waals surface area contributed by atoms with Crippen LogP contribution in [0, 0.1) is 0 Å². The third-order valence-corrected chi connectivity index (χ3v) is 3.93. The molecule has 0 radical (unpaired) electrons. The zero-order valence-corrected chi connectivity index (χ0v) is 13.9. The third-order valence-electron chi connectivity index (χ3n) is 3.93. The van der Waals surface area contributed by atoms with E-state index in [1.807, 2.05) is 0 Å². The summed E-state index contributed by atoms with van der Waals surface area (Å²) in [4.78, 5) is 0. The zero-order chi connectivity index (χ0) is 15.0. The second-order valence-electron chi connectivity index (χ2n) is 7.77. The maximum atomic E-state index is 10.6. The van der Waals surface area contributed by atoms with Crippen molar-refractivity contribution in [2.45, 2.75) is 78.6 Å². The Morgan fingerprint density at radius 1 is 0.947 bits per heavy atom. The van der Waals surface area contributed by atoms with E-state index < -0.39 is 0 Å². The van der Waals surface area contributed by atoms with Gasteiger partial charge in [-0.15, -0.1) is 0 Å². The average Bonchev–Trinajstić information content (AvgIpc) is 2.25. The summed E-state index contributed by atoms with van der Waals surface area (Å²) in [6, 6.07) is 4.39. The van der Waals surface area contributed by atoms with Crippen LogP contribution in [0.4, 0.5) is 0 Å². The lowest BCUT2D eigenvalue weighted by Crippen LogP contribution is -2.18. The topological polar surface area (TPSA) is 20.2 Å². The van der Waals surface area contributed by atoms with E-state index in [1.165, 1.54) is 5.56 Å². The Morgan fingerprint density at radius 3 is 1.58 bits per heavy atom. The largest absolute Gasteiger partial charge is 0.507 e. The van der Waals surface area contributed by atoms with Gasteiger partial charge in [-0.25, -0.2) is 0 Å². The highest BCUT2D eigenvalue weighted by molar-refractivity contribution is 5.50. The molecule has 108 valence electrons. The molecular formula is C18H30O. The molecule has 0 unspecified atom stereocenters. The normalized spacial score (nSPS) is 14.5. The molecule has 1 N–H and O–H groups in total. The van der Waals surface area contributed by atoms with E-state index in [-0.39, 0.29) is 10.8 Å². The first-order chi connectivity index (χ1) is 8.48. The van der Waals surface area contributed by atoms with E-state index in [0.717, 1.165) is 17.5 Å². The fraction of sp³-hybridized carbons (Fsp3) is 0.667. The number of benzene rings is 1. The molecule has 0 amide bonds. The molecule has 1 aromatic carbocycles.